The molecule has 1 atom stereocenters. The molecule has 0 saturated heterocycles. The standard InChI is InChI=1S/C12H22N2O2/c1-14(10-4-2-3-5-10)8-12(13,11(15)16)9-6-7-9/h9-10H,2-8,13H2,1H3,(H,15,16). The van der Waals surface area contributed by atoms with Gasteiger partial charge in [-0.25, -0.2) is 0 Å². The summed E-state index contributed by atoms with van der Waals surface area (Å²) in [5.41, 5.74) is 5.06. The van der Waals surface area contributed by atoms with Gasteiger partial charge in [-0.3, -0.25) is 4.79 Å². The van der Waals surface area contributed by atoms with Crippen LogP contribution >= 0.6 is 0 Å². The second-order valence-electron chi connectivity index (χ2n) is 5.47. The Morgan fingerprint density at radius 2 is 1.94 bits per heavy atom. The molecule has 16 heavy (non-hydrogen) atoms. The Kier molecular flexibility index (Phi) is 3.22. The lowest BCUT2D eigenvalue weighted by Gasteiger charge is -2.33. The van der Waals surface area contributed by atoms with E-state index in [4.69, 9.17) is 5.73 Å². The van der Waals surface area contributed by atoms with Crippen molar-refractivity contribution in [3.63, 3.8) is 0 Å². The molecule has 0 bridgehead atoms. The first kappa shape index (κ1) is 11.9. The largest absolute Gasteiger partial charge is 0.480 e. The number of carbonyl (C=O) groups is 1. The summed E-state index contributed by atoms with van der Waals surface area (Å²) in [5.74, 6) is -0.645. The average molecular weight is 226 g/mol. The zero-order valence-electron chi connectivity index (χ0n) is 9.98. The predicted octanol–water partition coefficient (Wildman–Crippen LogP) is 1.05. The minimum atomic E-state index is -1.02. The lowest BCUT2D eigenvalue weighted by atomic mass is 9.93. The third kappa shape index (κ3) is 2.23. The molecule has 2 saturated carbocycles. The van der Waals surface area contributed by atoms with Gasteiger partial charge in [0.15, 0.2) is 0 Å². The molecule has 0 aromatic rings. The van der Waals surface area contributed by atoms with Crippen molar-refractivity contribution in [3.05, 3.63) is 0 Å². The van der Waals surface area contributed by atoms with Crippen LogP contribution in [0.5, 0.6) is 0 Å². The molecule has 0 heterocycles. The Morgan fingerprint density at radius 3 is 2.38 bits per heavy atom. The van der Waals surface area contributed by atoms with Crippen molar-refractivity contribution >= 4 is 5.97 Å². The van der Waals surface area contributed by atoms with E-state index < -0.39 is 11.5 Å². The van der Waals surface area contributed by atoms with Crippen LogP contribution in [0.3, 0.4) is 0 Å². The van der Waals surface area contributed by atoms with Crippen molar-refractivity contribution in [3.8, 4) is 0 Å². The monoisotopic (exact) mass is 226 g/mol. The number of nitrogens with two attached hydrogens (primary N) is 1. The van der Waals surface area contributed by atoms with Crippen LogP contribution in [-0.4, -0.2) is 41.1 Å². The summed E-state index contributed by atoms with van der Waals surface area (Å²) in [7, 11) is 2.02. The van der Waals surface area contributed by atoms with E-state index >= 15 is 0 Å². The number of hydrogen-bond donors (Lipinski definition) is 2. The Bertz CT molecular complexity index is 272. The van der Waals surface area contributed by atoms with Gasteiger partial charge in [-0.05, 0) is 38.6 Å². The quantitative estimate of drug-likeness (QED) is 0.735. The van der Waals surface area contributed by atoms with Gasteiger partial charge >= 0.3 is 5.97 Å². The fraction of sp³-hybridized carbons (Fsp3) is 0.917. The van der Waals surface area contributed by atoms with Crippen molar-refractivity contribution < 1.29 is 9.90 Å². The van der Waals surface area contributed by atoms with E-state index in [0.29, 0.717) is 12.6 Å². The molecule has 2 aliphatic carbocycles. The first-order valence-corrected chi connectivity index (χ1v) is 6.26. The third-order valence-electron chi connectivity index (χ3n) is 4.16. The fourth-order valence-corrected chi connectivity index (χ4v) is 2.86. The van der Waals surface area contributed by atoms with Crippen LogP contribution in [0.4, 0.5) is 0 Å². The normalized spacial score (nSPS) is 25.9. The zero-order valence-corrected chi connectivity index (χ0v) is 9.98. The van der Waals surface area contributed by atoms with Crippen LogP contribution in [0.2, 0.25) is 0 Å². The molecule has 2 fully saturated rings. The minimum absolute atomic E-state index is 0.189. The molecular weight excluding hydrogens is 204 g/mol. The van der Waals surface area contributed by atoms with Gasteiger partial charge < -0.3 is 15.7 Å². The maximum absolute atomic E-state index is 11.3. The maximum atomic E-state index is 11.3. The topological polar surface area (TPSA) is 66.6 Å². The summed E-state index contributed by atoms with van der Waals surface area (Å²) in [6.45, 7) is 0.498. The van der Waals surface area contributed by atoms with Gasteiger partial charge in [0.05, 0.1) is 0 Å². The Balaban J connectivity index is 1.97. The van der Waals surface area contributed by atoms with E-state index in [9.17, 15) is 9.90 Å². The van der Waals surface area contributed by atoms with E-state index in [0.717, 1.165) is 12.8 Å². The zero-order chi connectivity index (χ0) is 11.8. The molecule has 0 aliphatic heterocycles. The van der Waals surface area contributed by atoms with Crippen LogP contribution in [0.1, 0.15) is 38.5 Å². The molecule has 2 aliphatic rings. The molecule has 0 amide bonds. The maximum Gasteiger partial charge on any atom is 0.325 e. The molecule has 0 aromatic carbocycles. The lowest BCUT2D eigenvalue weighted by molar-refractivity contribution is -0.145. The first-order chi connectivity index (χ1) is 7.54. The number of carboxylic acid groups (broad SMARTS) is 1. The van der Waals surface area contributed by atoms with Crippen LogP contribution in [0.15, 0.2) is 0 Å². The highest BCUT2D eigenvalue weighted by Gasteiger charge is 2.49. The fourth-order valence-electron chi connectivity index (χ4n) is 2.86. The number of likely N-dealkylation sites (N-methyl/N-ethyl adjacent to an activating group) is 1. The van der Waals surface area contributed by atoms with E-state index in [2.05, 4.69) is 4.90 Å². The summed E-state index contributed by atoms with van der Waals surface area (Å²) >= 11 is 0. The number of aliphatic carboxylic acids is 1. The Hall–Kier alpha value is -0.610. The average Bonchev–Trinajstić information content (AvgIpc) is 2.94. The van der Waals surface area contributed by atoms with Gasteiger partial charge in [0.1, 0.15) is 5.54 Å². The lowest BCUT2D eigenvalue weighted by Crippen LogP contribution is -2.58. The van der Waals surface area contributed by atoms with Crippen molar-refractivity contribution in [1.29, 1.82) is 0 Å². The third-order valence-corrected chi connectivity index (χ3v) is 4.16. The summed E-state index contributed by atoms with van der Waals surface area (Å²) in [5, 5.41) is 9.28. The number of hydrogen-bond acceptors (Lipinski definition) is 3. The van der Waals surface area contributed by atoms with E-state index in [1.165, 1.54) is 25.7 Å². The number of carboxylic acids is 1. The smallest absolute Gasteiger partial charge is 0.325 e. The molecular formula is C12H22N2O2. The summed E-state index contributed by atoms with van der Waals surface area (Å²) in [6, 6.07) is 0.543. The van der Waals surface area contributed by atoms with Crippen LogP contribution < -0.4 is 5.73 Å². The van der Waals surface area contributed by atoms with Gasteiger partial charge in [0, 0.05) is 12.6 Å². The molecule has 0 spiro atoms. The molecule has 0 aromatic heterocycles. The van der Waals surface area contributed by atoms with E-state index in [1.807, 2.05) is 7.05 Å². The second kappa shape index (κ2) is 4.34. The van der Waals surface area contributed by atoms with Gasteiger partial charge in [-0.1, -0.05) is 12.8 Å². The molecule has 92 valence electrons. The Labute approximate surface area is 96.8 Å². The molecule has 2 rings (SSSR count). The van der Waals surface area contributed by atoms with Crippen molar-refractivity contribution in [2.45, 2.75) is 50.1 Å². The molecule has 3 N–H and O–H groups in total. The van der Waals surface area contributed by atoms with Gasteiger partial charge in [-0.2, -0.15) is 0 Å². The van der Waals surface area contributed by atoms with Gasteiger partial charge in [-0.15, -0.1) is 0 Å². The van der Waals surface area contributed by atoms with E-state index in [-0.39, 0.29) is 5.92 Å². The highest BCUT2D eigenvalue weighted by atomic mass is 16.4. The molecule has 4 heteroatoms. The second-order valence-corrected chi connectivity index (χ2v) is 5.47. The summed E-state index contributed by atoms with van der Waals surface area (Å²) < 4.78 is 0. The molecule has 1 unspecified atom stereocenters. The van der Waals surface area contributed by atoms with Gasteiger partial charge in [0.25, 0.3) is 0 Å². The van der Waals surface area contributed by atoms with Gasteiger partial charge in [0.2, 0.25) is 0 Å². The highest BCUT2D eigenvalue weighted by Crippen LogP contribution is 2.39. The van der Waals surface area contributed by atoms with Crippen LogP contribution in [0.25, 0.3) is 0 Å². The van der Waals surface area contributed by atoms with E-state index in [1.54, 1.807) is 0 Å². The van der Waals surface area contributed by atoms with Crippen LogP contribution in [-0.2, 0) is 4.79 Å². The number of nitrogens with zero attached hydrogens (tertiary/aromatic N) is 1. The van der Waals surface area contributed by atoms with Crippen molar-refractivity contribution in [2.75, 3.05) is 13.6 Å². The van der Waals surface area contributed by atoms with Crippen LogP contribution in [0, 0.1) is 5.92 Å². The highest BCUT2D eigenvalue weighted by molar-refractivity contribution is 5.79. The molecule has 0 radical (unpaired) electrons. The number of rotatable bonds is 5. The van der Waals surface area contributed by atoms with Crippen molar-refractivity contribution in [2.24, 2.45) is 11.7 Å². The van der Waals surface area contributed by atoms with Crippen molar-refractivity contribution in [1.82, 2.24) is 4.90 Å². The minimum Gasteiger partial charge on any atom is -0.480 e. The summed E-state index contributed by atoms with van der Waals surface area (Å²) in [4.78, 5) is 13.5. The Morgan fingerprint density at radius 1 is 1.38 bits per heavy atom. The molecule has 4 nitrogen and oxygen atoms in total. The predicted molar refractivity (Wildman–Crippen MR) is 62.2 cm³/mol. The summed E-state index contributed by atoms with van der Waals surface area (Å²) in [6.07, 6.45) is 6.86. The first-order valence-electron chi connectivity index (χ1n) is 6.26. The SMILES string of the molecule is CN(CC(N)(C(=O)O)C1CC1)C1CCCC1.